The molecule has 2 aromatic heterocycles. The van der Waals surface area contributed by atoms with Crippen LogP contribution in [0.2, 0.25) is 5.02 Å². The molecule has 0 unspecified atom stereocenters. The van der Waals surface area contributed by atoms with Crippen molar-refractivity contribution in [2.75, 3.05) is 11.9 Å². The number of benzene rings is 2. The summed E-state index contributed by atoms with van der Waals surface area (Å²) in [6.07, 6.45) is 2.71. The number of aryl methyl sites for hydroxylation is 2. The summed E-state index contributed by atoms with van der Waals surface area (Å²) in [5.74, 6) is -0.530. The summed E-state index contributed by atoms with van der Waals surface area (Å²) in [6.45, 7) is 3.87. The summed E-state index contributed by atoms with van der Waals surface area (Å²) < 4.78 is 1.65. The van der Waals surface area contributed by atoms with Crippen LogP contribution in [-0.2, 0) is 29.0 Å². The molecule has 2 amide bonds. The second-order valence-corrected chi connectivity index (χ2v) is 8.86. The van der Waals surface area contributed by atoms with Crippen LogP contribution in [0.25, 0.3) is 10.9 Å². The van der Waals surface area contributed by atoms with Crippen molar-refractivity contribution in [3.05, 3.63) is 88.8 Å². The normalized spacial score (nSPS) is 11.9. The standard InChI is InChI=1S/C27H28ClN5O2/c1-4-22-26-21(28)11-8-12-24(26)33(31-22)17-25(34)30-23(15-19-9-6-5-7-10-19)27(35)32(3)20-14-13-18(2)29-16-20/h5-14,16,23H,4,15,17H2,1-3H3,(H,30,34)/t23-/m0/s1. The molecule has 0 radical (unpaired) electrons. The zero-order valence-corrected chi connectivity index (χ0v) is 20.8. The summed E-state index contributed by atoms with van der Waals surface area (Å²) in [5, 5.41) is 9.00. The monoisotopic (exact) mass is 489 g/mol. The Hall–Kier alpha value is -3.71. The molecule has 35 heavy (non-hydrogen) atoms. The fourth-order valence-corrected chi connectivity index (χ4v) is 4.36. The van der Waals surface area contributed by atoms with Gasteiger partial charge in [0.15, 0.2) is 0 Å². The summed E-state index contributed by atoms with van der Waals surface area (Å²) in [5.41, 5.74) is 4.10. The molecule has 180 valence electrons. The number of halogens is 1. The second kappa shape index (κ2) is 10.7. The minimum atomic E-state index is -0.757. The molecule has 0 spiro atoms. The molecule has 0 aliphatic rings. The van der Waals surface area contributed by atoms with E-state index in [1.807, 2.05) is 74.5 Å². The van der Waals surface area contributed by atoms with Crippen molar-refractivity contribution in [2.24, 2.45) is 0 Å². The van der Waals surface area contributed by atoms with Gasteiger partial charge in [-0.2, -0.15) is 5.10 Å². The number of anilines is 1. The van der Waals surface area contributed by atoms with Gasteiger partial charge in [-0.3, -0.25) is 19.3 Å². The lowest BCUT2D eigenvalue weighted by Crippen LogP contribution is -2.49. The fraction of sp³-hybridized carbons (Fsp3) is 0.259. The summed E-state index contributed by atoms with van der Waals surface area (Å²) in [7, 11) is 1.69. The summed E-state index contributed by atoms with van der Waals surface area (Å²) >= 11 is 6.40. The van der Waals surface area contributed by atoms with Gasteiger partial charge in [-0.15, -0.1) is 0 Å². The van der Waals surface area contributed by atoms with Crippen LogP contribution < -0.4 is 10.2 Å². The molecule has 0 saturated carbocycles. The molecule has 2 heterocycles. The topological polar surface area (TPSA) is 80.1 Å². The van der Waals surface area contributed by atoms with Crippen LogP contribution in [0, 0.1) is 6.92 Å². The molecule has 4 rings (SSSR count). The third-order valence-electron chi connectivity index (χ3n) is 5.96. The predicted molar refractivity (Wildman–Crippen MR) is 139 cm³/mol. The third kappa shape index (κ3) is 5.52. The van der Waals surface area contributed by atoms with Gasteiger partial charge >= 0.3 is 0 Å². The Labute approximate surface area is 209 Å². The number of aromatic nitrogens is 3. The van der Waals surface area contributed by atoms with Gasteiger partial charge in [-0.05, 0) is 43.2 Å². The maximum atomic E-state index is 13.5. The average molecular weight is 490 g/mol. The molecule has 7 nitrogen and oxygen atoms in total. The SMILES string of the molecule is CCc1nn(CC(=O)N[C@@H](Cc2ccccc2)C(=O)N(C)c2ccc(C)nc2)c2cccc(Cl)c12. The van der Waals surface area contributed by atoms with Crippen molar-refractivity contribution < 1.29 is 9.59 Å². The lowest BCUT2D eigenvalue weighted by atomic mass is 10.0. The molecule has 0 aliphatic carbocycles. The molecule has 1 atom stereocenters. The van der Waals surface area contributed by atoms with Gasteiger partial charge in [-0.1, -0.05) is 54.9 Å². The van der Waals surface area contributed by atoms with E-state index in [4.69, 9.17) is 11.6 Å². The average Bonchev–Trinajstić information content (AvgIpc) is 3.22. The van der Waals surface area contributed by atoms with E-state index in [0.717, 1.165) is 27.9 Å². The number of hydrogen-bond acceptors (Lipinski definition) is 4. The lowest BCUT2D eigenvalue weighted by Gasteiger charge is -2.25. The van der Waals surface area contributed by atoms with E-state index in [0.29, 0.717) is 23.6 Å². The number of pyridine rings is 1. The summed E-state index contributed by atoms with van der Waals surface area (Å²) in [4.78, 5) is 32.4. The maximum absolute atomic E-state index is 13.5. The van der Waals surface area contributed by atoms with Crippen molar-refractivity contribution in [3.8, 4) is 0 Å². The van der Waals surface area contributed by atoms with Gasteiger partial charge in [0.1, 0.15) is 12.6 Å². The van der Waals surface area contributed by atoms with E-state index in [2.05, 4.69) is 15.4 Å². The zero-order valence-electron chi connectivity index (χ0n) is 20.0. The highest BCUT2D eigenvalue weighted by Crippen LogP contribution is 2.27. The Morgan fingerprint density at radius 2 is 1.86 bits per heavy atom. The van der Waals surface area contributed by atoms with E-state index in [1.165, 1.54) is 4.90 Å². The second-order valence-electron chi connectivity index (χ2n) is 8.46. The van der Waals surface area contributed by atoms with Gasteiger partial charge in [0.05, 0.1) is 28.1 Å². The molecule has 2 aromatic carbocycles. The van der Waals surface area contributed by atoms with E-state index in [9.17, 15) is 9.59 Å². The first-order valence-corrected chi connectivity index (χ1v) is 11.9. The van der Waals surface area contributed by atoms with Crippen molar-refractivity contribution in [1.82, 2.24) is 20.1 Å². The Balaban J connectivity index is 1.57. The van der Waals surface area contributed by atoms with E-state index < -0.39 is 6.04 Å². The molecule has 0 aliphatic heterocycles. The number of carbonyl (C=O) groups excluding carboxylic acids is 2. The molecule has 8 heteroatoms. The number of rotatable bonds is 8. The van der Waals surface area contributed by atoms with Crippen LogP contribution in [-0.4, -0.2) is 39.7 Å². The Kier molecular flexibility index (Phi) is 7.46. The van der Waals surface area contributed by atoms with Gasteiger partial charge < -0.3 is 10.2 Å². The molecular weight excluding hydrogens is 462 g/mol. The highest BCUT2D eigenvalue weighted by atomic mass is 35.5. The van der Waals surface area contributed by atoms with E-state index in [-0.39, 0.29) is 18.4 Å². The first-order chi connectivity index (χ1) is 16.9. The molecule has 1 N–H and O–H groups in total. The first kappa shape index (κ1) is 24.4. The van der Waals surface area contributed by atoms with Crippen LogP contribution >= 0.6 is 11.6 Å². The largest absolute Gasteiger partial charge is 0.342 e. The fourth-order valence-electron chi connectivity index (χ4n) is 4.08. The number of amides is 2. The number of fused-ring (bicyclic) bond motifs is 1. The van der Waals surface area contributed by atoms with E-state index >= 15 is 0 Å². The van der Waals surface area contributed by atoms with Crippen molar-refractivity contribution in [1.29, 1.82) is 0 Å². The quantitative estimate of drug-likeness (QED) is 0.399. The van der Waals surface area contributed by atoms with Crippen molar-refractivity contribution in [2.45, 2.75) is 39.3 Å². The highest BCUT2D eigenvalue weighted by Gasteiger charge is 2.26. The van der Waals surface area contributed by atoms with Crippen LogP contribution in [0.1, 0.15) is 23.9 Å². The van der Waals surface area contributed by atoms with Gasteiger partial charge in [0, 0.05) is 24.5 Å². The predicted octanol–water partition coefficient (Wildman–Crippen LogP) is 4.35. The third-order valence-corrected chi connectivity index (χ3v) is 6.27. The molecule has 4 aromatic rings. The van der Waals surface area contributed by atoms with Crippen molar-refractivity contribution in [3.63, 3.8) is 0 Å². The number of nitrogens with one attached hydrogen (secondary N) is 1. The number of carbonyl (C=O) groups is 2. The molecule has 0 bridgehead atoms. The minimum absolute atomic E-state index is 0.0226. The zero-order chi connectivity index (χ0) is 24.9. The van der Waals surface area contributed by atoms with Gasteiger partial charge in [0.2, 0.25) is 11.8 Å². The Bertz CT molecular complexity index is 1340. The molecule has 0 fully saturated rings. The first-order valence-electron chi connectivity index (χ1n) is 11.5. The lowest BCUT2D eigenvalue weighted by molar-refractivity contribution is -0.127. The molecular formula is C27H28ClN5O2. The molecule has 0 saturated heterocycles. The number of hydrogen-bond donors (Lipinski definition) is 1. The number of nitrogens with zero attached hydrogens (tertiary/aromatic N) is 4. The van der Waals surface area contributed by atoms with Crippen LogP contribution in [0.15, 0.2) is 66.9 Å². The van der Waals surface area contributed by atoms with Crippen LogP contribution in [0.5, 0.6) is 0 Å². The smallest absolute Gasteiger partial charge is 0.249 e. The minimum Gasteiger partial charge on any atom is -0.342 e. The van der Waals surface area contributed by atoms with Gasteiger partial charge in [0.25, 0.3) is 0 Å². The highest BCUT2D eigenvalue weighted by molar-refractivity contribution is 6.35. The van der Waals surface area contributed by atoms with Crippen molar-refractivity contribution >= 4 is 40.0 Å². The Morgan fingerprint density at radius 1 is 1.09 bits per heavy atom. The van der Waals surface area contributed by atoms with Crippen LogP contribution in [0.4, 0.5) is 5.69 Å². The van der Waals surface area contributed by atoms with Gasteiger partial charge in [-0.25, -0.2) is 0 Å². The Morgan fingerprint density at radius 3 is 2.54 bits per heavy atom. The van der Waals surface area contributed by atoms with Crippen LogP contribution in [0.3, 0.4) is 0 Å². The van der Waals surface area contributed by atoms with E-state index in [1.54, 1.807) is 17.9 Å². The summed E-state index contributed by atoms with van der Waals surface area (Å²) in [6, 6.07) is 18.1. The maximum Gasteiger partial charge on any atom is 0.249 e. The number of likely N-dealkylation sites (N-methyl/N-ethyl adjacent to an activating group) is 1.